The second-order valence-corrected chi connectivity index (χ2v) is 7.92. The van der Waals surface area contributed by atoms with Crippen LogP contribution in [0.15, 0.2) is 50.2 Å². The highest BCUT2D eigenvalue weighted by molar-refractivity contribution is 9.10. The largest absolute Gasteiger partial charge is 0.392 e. The van der Waals surface area contributed by atoms with Crippen molar-refractivity contribution in [2.24, 2.45) is 0 Å². The van der Waals surface area contributed by atoms with Crippen molar-refractivity contribution in [1.29, 1.82) is 0 Å². The van der Waals surface area contributed by atoms with Crippen molar-refractivity contribution in [2.45, 2.75) is 11.5 Å². The van der Waals surface area contributed by atoms with E-state index in [1.807, 2.05) is 0 Å². The van der Waals surface area contributed by atoms with Crippen LogP contribution in [0, 0.1) is 0 Å². The smallest absolute Gasteiger partial charge is 0.263 e. The highest BCUT2D eigenvalue weighted by atomic mass is 79.9. The van der Waals surface area contributed by atoms with Crippen molar-refractivity contribution < 1.29 is 13.5 Å². The zero-order valence-electron chi connectivity index (χ0n) is 10.5. The number of sulfonamides is 1. The van der Waals surface area contributed by atoms with Crippen LogP contribution in [0.3, 0.4) is 0 Å². The van der Waals surface area contributed by atoms with Gasteiger partial charge in [0.2, 0.25) is 0 Å². The molecule has 0 aliphatic rings. The Balaban J connectivity index is 2.40. The average Bonchev–Trinajstić information content (AvgIpc) is 2.43. The monoisotopic (exact) mass is 453 g/mol. The number of aliphatic hydroxyl groups is 1. The van der Waals surface area contributed by atoms with Gasteiger partial charge in [-0.15, -0.1) is 0 Å². The van der Waals surface area contributed by atoms with Crippen LogP contribution >= 0.6 is 43.5 Å². The van der Waals surface area contributed by atoms with Gasteiger partial charge in [0.05, 0.1) is 17.3 Å². The zero-order chi connectivity index (χ0) is 15.6. The van der Waals surface area contributed by atoms with E-state index in [0.717, 1.165) is 0 Å². The van der Waals surface area contributed by atoms with Gasteiger partial charge in [0, 0.05) is 8.95 Å². The molecule has 0 heterocycles. The number of hydrogen-bond donors (Lipinski definition) is 2. The fourth-order valence-electron chi connectivity index (χ4n) is 1.62. The molecule has 0 saturated heterocycles. The third-order valence-corrected chi connectivity index (χ3v) is 6.25. The summed E-state index contributed by atoms with van der Waals surface area (Å²) < 4.78 is 28.4. The van der Waals surface area contributed by atoms with Gasteiger partial charge in [-0.3, -0.25) is 4.72 Å². The van der Waals surface area contributed by atoms with E-state index in [4.69, 9.17) is 16.7 Å². The van der Waals surface area contributed by atoms with Gasteiger partial charge in [0.15, 0.2) is 0 Å². The summed E-state index contributed by atoms with van der Waals surface area (Å²) in [5.41, 5.74) is 0.858. The lowest BCUT2D eigenvalue weighted by atomic mass is 10.2. The topological polar surface area (TPSA) is 66.4 Å². The summed E-state index contributed by atoms with van der Waals surface area (Å²) in [5, 5.41) is 9.52. The molecule has 0 spiro atoms. The van der Waals surface area contributed by atoms with Crippen molar-refractivity contribution in [3.05, 3.63) is 55.9 Å². The predicted octanol–water partition coefficient (Wildman–Crippen LogP) is 4.16. The van der Waals surface area contributed by atoms with Gasteiger partial charge in [0.1, 0.15) is 4.90 Å². The number of hydrogen-bond acceptors (Lipinski definition) is 3. The highest BCUT2D eigenvalue weighted by Gasteiger charge is 2.18. The molecule has 0 radical (unpaired) electrons. The molecular formula is C13H10Br2ClNO3S. The van der Waals surface area contributed by atoms with Crippen LogP contribution in [0.2, 0.25) is 5.02 Å². The van der Waals surface area contributed by atoms with Crippen LogP contribution < -0.4 is 4.72 Å². The van der Waals surface area contributed by atoms with E-state index in [-0.39, 0.29) is 11.5 Å². The maximum absolute atomic E-state index is 12.4. The lowest BCUT2D eigenvalue weighted by Crippen LogP contribution is -2.14. The fourth-order valence-corrected chi connectivity index (χ4v) is 4.11. The summed E-state index contributed by atoms with van der Waals surface area (Å²) in [6.45, 7) is -0.236. The van der Waals surface area contributed by atoms with E-state index < -0.39 is 10.0 Å². The number of nitrogens with one attached hydrogen (secondary N) is 1. The number of halogens is 3. The third-order valence-electron chi connectivity index (χ3n) is 2.64. The molecule has 0 aromatic heterocycles. The Bertz CT molecular complexity index is 781. The first kappa shape index (κ1) is 16.8. The molecule has 2 rings (SSSR count). The molecule has 8 heteroatoms. The molecule has 2 aromatic rings. The SMILES string of the molecule is O=S(=O)(Nc1ccc(Br)c(Cl)c1)c1cc(CO)ccc1Br. The number of aliphatic hydroxyl groups excluding tert-OH is 1. The van der Waals surface area contributed by atoms with Gasteiger partial charge in [0.25, 0.3) is 10.0 Å². The third kappa shape index (κ3) is 3.98. The second-order valence-electron chi connectivity index (χ2n) is 4.16. The van der Waals surface area contributed by atoms with E-state index in [1.54, 1.807) is 24.3 Å². The Morgan fingerprint density at radius 1 is 1.10 bits per heavy atom. The van der Waals surface area contributed by atoms with Crippen LogP contribution in [0.1, 0.15) is 5.56 Å². The molecule has 21 heavy (non-hydrogen) atoms. The first-order valence-electron chi connectivity index (χ1n) is 5.70. The van der Waals surface area contributed by atoms with Crippen LogP contribution in [0.4, 0.5) is 5.69 Å². The Kier molecular flexibility index (Phi) is 5.32. The predicted molar refractivity (Wildman–Crippen MR) is 90.0 cm³/mol. The number of benzene rings is 2. The number of anilines is 1. The van der Waals surface area contributed by atoms with Gasteiger partial charge in [-0.1, -0.05) is 17.7 Å². The van der Waals surface area contributed by atoms with Crippen LogP contribution in [-0.4, -0.2) is 13.5 Å². The Labute approximate surface area is 144 Å². The lowest BCUT2D eigenvalue weighted by Gasteiger charge is -2.11. The first-order valence-corrected chi connectivity index (χ1v) is 9.15. The van der Waals surface area contributed by atoms with Crippen molar-refractivity contribution in [1.82, 2.24) is 0 Å². The fraction of sp³-hybridized carbons (Fsp3) is 0.0769. The average molecular weight is 456 g/mol. The molecule has 0 saturated carbocycles. The molecule has 0 bridgehead atoms. The van der Waals surface area contributed by atoms with E-state index >= 15 is 0 Å². The molecule has 4 nitrogen and oxygen atoms in total. The van der Waals surface area contributed by atoms with E-state index in [2.05, 4.69) is 36.6 Å². The van der Waals surface area contributed by atoms with Crippen molar-refractivity contribution in [3.8, 4) is 0 Å². The lowest BCUT2D eigenvalue weighted by molar-refractivity contribution is 0.281. The van der Waals surface area contributed by atoms with Crippen molar-refractivity contribution in [3.63, 3.8) is 0 Å². The molecule has 2 N–H and O–H groups in total. The quantitative estimate of drug-likeness (QED) is 0.728. The van der Waals surface area contributed by atoms with Crippen molar-refractivity contribution in [2.75, 3.05) is 4.72 Å². The summed E-state index contributed by atoms with van der Waals surface area (Å²) in [6.07, 6.45) is 0. The first-order chi connectivity index (χ1) is 9.83. The summed E-state index contributed by atoms with van der Waals surface area (Å²) in [6, 6.07) is 9.38. The van der Waals surface area contributed by atoms with Crippen LogP contribution in [-0.2, 0) is 16.6 Å². The molecule has 0 amide bonds. The summed E-state index contributed by atoms with van der Waals surface area (Å²) in [7, 11) is -3.79. The minimum Gasteiger partial charge on any atom is -0.392 e. The normalized spacial score (nSPS) is 11.4. The molecular weight excluding hydrogens is 445 g/mol. The van der Waals surface area contributed by atoms with Gasteiger partial charge in [-0.05, 0) is 67.8 Å². The Morgan fingerprint density at radius 2 is 1.76 bits per heavy atom. The Hall–Kier alpha value is -0.600. The molecule has 112 valence electrons. The van der Waals surface area contributed by atoms with Gasteiger partial charge in [-0.25, -0.2) is 8.42 Å². The molecule has 0 unspecified atom stereocenters. The molecule has 0 fully saturated rings. The standard InChI is InChI=1S/C13H10Br2ClNO3S/c14-10-4-2-9(6-12(10)16)17-21(19,20)13-5-8(7-18)1-3-11(13)15/h1-6,17-18H,7H2. The van der Waals surface area contributed by atoms with E-state index in [1.165, 1.54) is 12.1 Å². The maximum atomic E-state index is 12.4. The summed E-state index contributed by atoms with van der Waals surface area (Å²) in [5.74, 6) is 0. The summed E-state index contributed by atoms with van der Waals surface area (Å²) in [4.78, 5) is 0.0492. The van der Waals surface area contributed by atoms with E-state index in [0.29, 0.717) is 25.2 Å². The number of rotatable bonds is 4. The van der Waals surface area contributed by atoms with Crippen molar-refractivity contribution >= 4 is 59.2 Å². The molecule has 0 aliphatic carbocycles. The van der Waals surface area contributed by atoms with E-state index in [9.17, 15) is 8.42 Å². The molecule has 2 aromatic carbocycles. The minimum atomic E-state index is -3.79. The zero-order valence-corrected chi connectivity index (χ0v) is 15.2. The van der Waals surface area contributed by atoms with Crippen LogP contribution in [0.5, 0.6) is 0 Å². The Morgan fingerprint density at radius 3 is 2.38 bits per heavy atom. The maximum Gasteiger partial charge on any atom is 0.263 e. The van der Waals surface area contributed by atoms with Gasteiger partial charge < -0.3 is 5.11 Å². The van der Waals surface area contributed by atoms with Gasteiger partial charge in [-0.2, -0.15) is 0 Å². The molecule has 0 atom stereocenters. The summed E-state index contributed by atoms with van der Waals surface area (Å²) >= 11 is 12.4. The van der Waals surface area contributed by atoms with Gasteiger partial charge >= 0.3 is 0 Å². The minimum absolute atomic E-state index is 0.0492. The van der Waals surface area contributed by atoms with Crippen LogP contribution in [0.25, 0.3) is 0 Å². The second kappa shape index (κ2) is 6.66. The molecule has 0 aliphatic heterocycles. The highest BCUT2D eigenvalue weighted by Crippen LogP contribution is 2.29.